The highest BCUT2D eigenvalue weighted by Crippen LogP contribution is 2.32. The molecular weight excluding hydrogens is 438 g/mol. The summed E-state index contributed by atoms with van der Waals surface area (Å²) in [5.41, 5.74) is 1.73. The van der Waals surface area contributed by atoms with E-state index in [9.17, 15) is 4.79 Å². The average molecular weight is 475 g/mol. The highest BCUT2D eigenvalue weighted by atomic mass is 16.5. The molecule has 35 heavy (non-hydrogen) atoms. The monoisotopic (exact) mass is 474 g/mol. The smallest absolute Gasteiger partial charge is 0.342 e. The number of anilines is 1. The number of para-hydroxylation sites is 2. The number of likely N-dealkylation sites (N-methyl/N-ethyl adjacent to an activating group) is 1. The molecule has 1 fully saturated rings. The van der Waals surface area contributed by atoms with Gasteiger partial charge in [-0.2, -0.15) is 0 Å². The van der Waals surface area contributed by atoms with Gasteiger partial charge >= 0.3 is 5.97 Å². The second-order valence-electron chi connectivity index (χ2n) is 9.69. The van der Waals surface area contributed by atoms with E-state index in [0.29, 0.717) is 11.6 Å². The van der Waals surface area contributed by atoms with Crippen molar-refractivity contribution in [3.05, 3.63) is 84.1 Å². The molecule has 0 saturated carbocycles. The Morgan fingerprint density at radius 2 is 1.83 bits per heavy atom. The molecule has 6 nitrogen and oxygen atoms in total. The Balaban J connectivity index is 1.52. The van der Waals surface area contributed by atoms with Crippen LogP contribution in [0, 0.1) is 0 Å². The number of benzene rings is 2. The fraction of sp³-hybridized carbons (Fsp3) is 0.379. The first-order valence-electron chi connectivity index (χ1n) is 12.5. The van der Waals surface area contributed by atoms with Crippen LogP contribution in [0.5, 0.6) is 11.5 Å². The van der Waals surface area contributed by atoms with E-state index in [0.717, 1.165) is 54.4 Å². The number of rotatable bonds is 9. The summed E-state index contributed by atoms with van der Waals surface area (Å²) >= 11 is 0. The second kappa shape index (κ2) is 10.9. The number of hydrogen-bond acceptors (Lipinski definition) is 5. The maximum absolute atomic E-state index is 12.7. The predicted octanol–water partition coefficient (Wildman–Crippen LogP) is 5.68. The van der Waals surface area contributed by atoms with Gasteiger partial charge in [0.05, 0.1) is 26.2 Å². The Kier molecular flexibility index (Phi) is 7.71. The molecule has 6 heteroatoms. The summed E-state index contributed by atoms with van der Waals surface area (Å²) in [7, 11) is 2.32. The largest absolute Gasteiger partial charge is 0.459 e. The van der Waals surface area contributed by atoms with Gasteiger partial charge in [-0.3, -0.25) is 0 Å². The van der Waals surface area contributed by atoms with Crippen molar-refractivity contribution in [1.29, 1.82) is 0 Å². The summed E-state index contributed by atoms with van der Waals surface area (Å²) in [6, 6.07) is 22.2. The number of hydrogen-bond donors (Lipinski definition) is 0. The third kappa shape index (κ3) is 5.82. The van der Waals surface area contributed by atoms with E-state index in [1.165, 1.54) is 5.56 Å². The minimum absolute atomic E-state index is 0.167. The molecule has 2 unspecified atom stereocenters. The van der Waals surface area contributed by atoms with E-state index in [-0.39, 0.29) is 12.1 Å². The first-order chi connectivity index (χ1) is 16.9. The van der Waals surface area contributed by atoms with E-state index in [1.54, 1.807) is 12.3 Å². The number of carbonyl (C=O) groups excluding carboxylic acids is 1. The molecule has 0 N–H and O–H groups in total. The lowest BCUT2D eigenvalue weighted by Gasteiger charge is -2.39. The molecule has 2 atom stereocenters. The predicted molar refractivity (Wildman–Crippen MR) is 139 cm³/mol. The Morgan fingerprint density at radius 3 is 2.57 bits per heavy atom. The van der Waals surface area contributed by atoms with Crippen molar-refractivity contribution in [2.75, 3.05) is 31.6 Å². The molecule has 1 aliphatic heterocycles. The number of ether oxygens (including phenoxy) is 2. The van der Waals surface area contributed by atoms with Gasteiger partial charge in [0.1, 0.15) is 35.5 Å². The van der Waals surface area contributed by atoms with Gasteiger partial charge in [0.2, 0.25) is 0 Å². The molecule has 1 aliphatic rings. The van der Waals surface area contributed by atoms with Crippen molar-refractivity contribution >= 4 is 11.8 Å². The number of quaternary nitrogens is 1. The average Bonchev–Trinajstić information content (AvgIpc) is 3.36. The normalized spacial score (nSPS) is 17.3. The molecule has 0 amide bonds. The third-order valence-corrected chi connectivity index (χ3v) is 6.89. The summed E-state index contributed by atoms with van der Waals surface area (Å²) < 4.78 is 12.6. The second-order valence-corrected chi connectivity index (χ2v) is 9.69. The molecule has 184 valence electrons. The van der Waals surface area contributed by atoms with Gasteiger partial charge in [0.15, 0.2) is 0 Å². The number of esters is 1. The van der Waals surface area contributed by atoms with Crippen LogP contribution in [0.2, 0.25) is 0 Å². The van der Waals surface area contributed by atoms with Crippen molar-refractivity contribution < 1.29 is 18.8 Å². The van der Waals surface area contributed by atoms with E-state index < -0.39 is 0 Å². The van der Waals surface area contributed by atoms with Crippen molar-refractivity contribution in [3.8, 4) is 11.5 Å². The van der Waals surface area contributed by atoms with E-state index in [1.807, 2.05) is 62.4 Å². The van der Waals surface area contributed by atoms with Gasteiger partial charge in [-0.05, 0) is 57.2 Å². The maximum Gasteiger partial charge on any atom is 0.342 e. The fourth-order valence-electron chi connectivity index (χ4n) is 4.77. The molecule has 0 radical (unpaired) electrons. The van der Waals surface area contributed by atoms with Gasteiger partial charge in [-0.25, -0.2) is 9.78 Å². The molecule has 0 aliphatic carbocycles. The molecule has 0 bridgehead atoms. The first kappa shape index (κ1) is 24.7. The van der Waals surface area contributed by atoms with Gasteiger partial charge in [-0.1, -0.05) is 30.3 Å². The van der Waals surface area contributed by atoms with Crippen LogP contribution in [0.4, 0.5) is 5.82 Å². The number of carbonyl (C=O) groups is 1. The van der Waals surface area contributed by atoms with Crippen LogP contribution in [0.3, 0.4) is 0 Å². The minimum Gasteiger partial charge on any atom is -0.459 e. The molecule has 4 rings (SSSR count). The number of pyridine rings is 1. The van der Waals surface area contributed by atoms with Gasteiger partial charge < -0.3 is 18.9 Å². The number of nitrogens with zero attached hydrogens (tertiary/aromatic N) is 3. The molecule has 0 spiro atoms. The minimum atomic E-state index is -0.314. The van der Waals surface area contributed by atoms with Crippen molar-refractivity contribution in [2.45, 2.75) is 45.9 Å². The molecule has 1 saturated heterocycles. The highest BCUT2D eigenvalue weighted by Gasteiger charge is 2.39. The quantitative estimate of drug-likeness (QED) is 0.295. The van der Waals surface area contributed by atoms with Crippen LogP contribution < -0.4 is 9.64 Å². The van der Waals surface area contributed by atoms with Crippen LogP contribution in [0.25, 0.3) is 0 Å². The number of aromatic nitrogens is 1. The van der Waals surface area contributed by atoms with E-state index in [4.69, 9.17) is 9.47 Å². The summed E-state index contributed by atoms with van der Waals surface area (Å²) in [5.74, 6) is 2.14. The summed E-state index contributed by atoms with van der Waals surface area (Å²) in [6.45, 7) is 9.53. The lowest BCUT2D eigenvalue weighted by molar-refractivity contribution is -0.942. The van der Waals surface area contributed by atoms with Crippen LogP contribution in [-0.2, 0) is 11.3 Å². The third-order valence-electron chi connectivity index (χ3n) is 6.89. The molecular formula is C29H36N3O3+. The zero-order valence-corrected chi connectivity index (χ0v) is 21.2. The zero-order chi connectivity index (χ0) is 24.8. The van der Waals surface area contributed by atoms with Gasteiger partial charge in [-0.15, -0.1) is 0 Å². The lowest BCUT2D eigenvalue weighted by Crippen LogP contribution is -2.52. The Morgan fingerprint density at radius 1 is 1.09 bits per heavy atom. The lowest BCUT2D eigenvalue weighted by atomic mass is 10.1. The Labute approximate surface area is 208 Å². The SMILES string of the molecule is CC[N+](C)(Cc1ccccc1Oc1ccccc1)C1CCN(c2ncccc2C(=O)OC(C)C)C1. The van der Waals surface area contributed by atoms with Crippen molar-refractivity contribution in [3.63, 3.8) is 0 Å². The zero-order valence-electron chi connectivity index (χ0n) is 21.2. The molecule has 2 aromatic carbocycles. The summed E-state index contributed by atoms with van der Waals surface area (Å²) in [5, 5.41) is 0. The first-order valence-corrected chi connectivity index (χ1v) is 12.5. The molecule has 2 heterocycles. The van der Waals surface area contributed by atoms with Crippen molar-refractivity contribution in [2.24, 2.45) is 0 Å². The Bertz CT molecular complexity index is 1130. The van der Waals surface area contributed by atoms with E-state index >= 15 is 0 Å². The van der Waals surface area contributed by atoms with E-state index in [2.05, 4.69) is 36.0 Å². The maximum atomic E-state index is 12.7. The van der Waals surface area contributed by atoms with Crippen molar-refractivity contribution in [1.82, 2.24) is 4.98 Å². The topological polar surface area (TPSA) is 51.7 Å². The van der Waals surface area contributed by atoms with Crippen LogP contribution >= 0.6 is 0 Å². The van der Waals surface area contributed by atoms with Crippen LogP contribution in [0.15, 0.2) is 72.9 Å². The summed E-state index contributed by atoms with van der Waals surface area (Å²) in [6.07, 6.45) is 2.61. The van der Waals surface area contributed by atoms with Crippen LogP contribution in [0.1, 0.15) is 43.1 Å². The summed E-state index contributed by atoms with van der Waals surface area (Å²) in [4.78, 5) is 19.5. The standard InChI is InChI=1S/C29H36N3O3/c1-5-32(4,21-23-12-9-10-16-27(23)35-25-13-7-6-8-14-25)24-17-19-31(20-24)28-26(15-11-18-30-28)29(33)34-22(2)3/h6-16,18,22,24H,5,17,19-21H2,1-4H3/q+1. The fourth-order valence-corrected chi connectivity index (χ4v) is 4.77. The highest BCUT2D eigenvalue weighted by molar-refractivity contribution is 5.94. The molecule has 3 aromatic rings. The Hall–Kier alpha value is -3.38. The van der Waals surface area contributed by atoms with Gasteiger partial charge in [0.25, 0.3) is 0 Å². The molecule has 1 aromatic heterocycles. The van der Waals surface area contributed by atoms with Crippen LogP contribution in [-0.4, -0.2) is 54.3 Å². The van der Waals surface area contributed by atoms with Gasteiger partial charge in [0, 0.05) is 24.7 Å².